The van der Waals surface area contributed by atoms with Crippen LogP contribution in [0.1, 0.15) is 51.4 Å². The molecule has 0 aromatic heterocycles. The fraction of sp³-hybridized carbons (Fsp3) is 0.846. The summed E-state index contributed by atoms with van der Waals surface area (Å²) < 4.78 is 0. The normalized spacial score (nSPS) is 30.1. The van der Waals surface area contributed by atoms with Crippen molar-refractivity contribution in [1.82, 2.24) is 5.32 Å². The van der Waals surface area contributed by atoms with Crippen LogP contribution in [-0.2, 0) is 9.59 Å². The SMILES string of the molecule is O=C(O)[C@H]1CCCC[C@H]1C(=O)NC1CCCC1. The van der Waals surface area contributed by atoms with Gasteiger partial charge in [-0.2, -0.15) is 0 Å². The lowest BCUT2D eigenvalue weighted by atomic mass is 9.78. The molecule has 2 N–H and O–H groups in total. The highest BCUT2D eigenvalue weighted by molar-refractivity contribution is 5.85. The number of carbonyl (C=O) groups excluding carboxylic acids is 1. The Kier molecular flexibility index (Phi) is 4.02. The van der Waals surface area contributed by atoms with Crippen LogP contribution < -0.4 is 5.32 Å². The van der Waals surface area contributed by atoms with Gasteiger partial charge in [-0.15, -0.1) is 0 Å². The molecule has 0 aliphatic heterocycles. The van der Waals surface area contributed by atoms with Gasteiger partial charge in [0, 0.05) is 6.04 Å². The van der Waals surface area contributed by atoms with E-state index < -0.39 is 11.9 Å². The van der Waals surface area contributed by atoms with Crippen molar-refractivity contribution in [2.75, 3.05) is 0 Å². The van der Waals surface area contributed by atoms with Crippen molar-refractivity contribution in [3.8, 4) is 0 Å². The van der Waals surface area contributed by atoms with Crippen LogP contribution >= 0.6 is 0 Å². The molecule has 0 bridgehead atoms. The molecule has 2 rings (SSSR count). The number of hydrogen-bond donors (Lipinski definition) is 2. The van der Waals surface area contributed by atoms with E-state index in [4.69, 9.17) is 5.11 Å². The highest BCUT2D eigenvalue weighted by Gasteiger charge is 2.36. The Hall–Kier alpha value is -1.06. The molecule has 96 valence electrons. The van der Waals surface area contributed by atoms with Gasteiger partial charge in [-0.05, 0) is 25.7 Å². The van der Waals surface area contributed by atoms with Gasteiger partial charge in [-0.25, -0.2) is 0 Å². The van der Waals surface area contributed by atoms with Crippen LogP contribution in [0.15, 0.2) is 0 Å². The molecule has 2 saturated carbocycles. The second-order valence-electron chi connectivity index (χ2n) is 5.33. The van der Waals surface area contributed by atoms with Gasteiger partial charge in [0.2, 0.25) is 5.91 Å². The molecule has 0 aromatic rings. The summed E-state index contributed by atoms with van der Waals surface area (Å²) in [6.07, 6.45) is 7.76. The third kappa shape index (κ3) is 2.99. The first-order chi connectivity index (χ1) is 8.18. The lowest BCUT2D eigenvalue weighted by molar-refractivity contribution is -0.149. The number of hydrogen-bond acceptors (Lipinski definition) is 2. The first-order valence-electron chi connectivity index (χ1n) is 6.71. The summed E-state index contributed by atoms with van der Waals surface area (Å²) in [6, 6.07) is 0.291. The molecule has 0 spiro atoms. The summed E-state index contributed by atoms with van der Waals surface area (Å²) >= 11 is 0. The quantitative estimate of drug-likeness (QED) is 0.791. The second kappa shape index (κ2) is 5.52. The molecule has 4 heteroatoms. The van der Waals surface area contributed by atoms with E-state index in [1.54, 1.807) is 0 Å². The van der Waals surface area contributed by atoms with Crippen molar-refractivity contribution in [3.05, 3.63) is 0 Å². The Balaban J connectivity index is 1.93. The van der Waals surface area contributed by atoms with E-state index in [1.807, 2.05) is 0 Å². The molecule has 2 aliphatic carbocycles. The van der Waals surface area contributed by atoms with E-state index in [2.05, 4.69) is 5.32 Å². The first kappa shape index (κ1) is 12.4. The molecule has 2 atom stereocenters. The predicted octanol–water partition coefficient (Wildman–Crippen LogP) is 1.94. The van der Waals surface area contributed by atoms with E-state index in [9.17, 15) is 9.59 Å². The van der Waals surface area contributed by atoms with Crippen LogP contribution in [0.4, 0.5) is 0 Å². The number of carboxylic acids is 1. The number of carbonyl (C=O) groups is 2. The molecule has 17 heavy (non-hydrogen) atoms. The summed E-state index contributed by atoms with van der Waals surface area (Å²) in [5, 5.41) is 12.2. The highest BCUT2D eigenvalue weighted by Crippen LogP contribution is 2.31. The zero-order valence-corrected chi connectivity index (χ0v) is 10.2. The molecule has 2 aliphatic rings. The van der Waals surface area contributed by atoms with Crippen molar-refractivity contribution in [2.24, 2.45) is 11.8 Å². The Bertz CT molecular complexity index is 297. The Morgan fingerprint density at radius 2 is 1.41 bits per heavy atom. The van der Waals surface area contributed by atoms with Crippen LogP contribution in [-0.4, -0.2) is 23.0 Å². The predicted molar refractivity (Wildman–Crippen MR) is 63.5 cm³/mol. The van der Waals surface area contributed by atoms with Crippen molar-refractivity contribution in [3.63, 3.8) is 0 Å². The molecule has 0 heterocycles. The van der Waals surface area contributed by atoms with Crippen molar-refractivity contribution in [2.45, 2.75) is 57.4 Å². The van der Waals surface area contributed by atoms with Gasteiger partial charge in [-0.3, -0.25) is 9.59 Å². The van der Waals surface area contributed by atoms with Crippen molar-refractivity contribution in [1.29, 1.82) is 0 Å². The number of rotatable bonds is 3. The lowest BCUT2D eigenvalue weighted by Gasteiger charge is -2.28. The van der Waals surface area contributed by atoms with Gasteiger partial charge in [-0.1, -0.05) is 25.7 Å². The largest absolute Gasteiger partial charge is 0.481 e. The lowest BCUT2D eigenvalue weighted by Crippen LogP contribution is -2.43. The van der Waals surface area contributed by atoms with Crippen LogP contribution in [0.3, 0.4) is 0 Å². The molecule has 4 nitrogen and oxygen atoms in total. The Morgan fingerprint density at radius 3 is 2.00 bits per heavy atom. The van der Waals surface area contributed by atoms with E-state index in [1.165, 1.54) is 12.8 Å². The maximum Gasteiger partial charge on any atom is 0.307 e. The number of aliphatic carboxylic acids is 1. The number of carboxylic acid groups (broad SMARTS) is 1. The summed E-state index contributed by atoms with van der Waals surface area (Å²) in [7, 11) is 0. The summed E-state index contributed by atoms with van der Waals surface area (Å²) in [4.78, 5) is 23.2. The fourth-order valence-electron chi connectivity index (χ4n) is 3.12. The van der Waals surface area contributed by atoms with E-state index in [-0.39, 0.29) is 11.8 Å². The number of nitrogens with one attached hydrogen (secondary N) is 1. The minimum atomic E-state index is -0.809. The van der Waals surface area contributed by atoms with Crippen LogP contribution in [0, 0.1) is 11.8 Å². The number of amides is 1. The second-order valence-corrected chi connectivity index (χ2v) is 5.33. The monoisotopic (exact) mass is 239 g/mol. The zero-order chi connectivity index (χ0) is 12.3. The van der Waals surface area contributed by atoms with Gasteiger partial charge < -0.3 is 10.4 Å². The summed E-state index contributed by atoms with van der Waals surface area (Å²) in [5.74, 6) is -1.60. The molecule has 0 aromatic carbocycles. The van der Waals surface area contributed by atoms with E-state index in [0.717, 1.165) is 32.1 Å². The third-order valence-corrected chi connectivity index (χ3v) is 4.12. The van der Waals surface area contributed by atoms with Crippen LogP contribution in [0.2, 0.25) is 0 Å². The molecule has 1 amide bonds. The van der Waals surface area contributed by atoms with Gasteiger partial charge in [0.25, 0.3) is 0 Å². The standard InChI is InChI=1S/C13H21NO3/c15-12(14-9-5-1-2-6-9)10-7-3-4-8-11(10)13(16)17/h9-11H,1-8H2,(H,14,15)(H,16,17)/t10-,11+/m1/s1. The highest BCUT2D eigenvalue weighted by atomic mass is 16.4. The van der Waals surface area contributed by atoms with Gasteiger partial charge in [0.05, 0.1) is 11.8 Å². The molecular weight excluding hydrogens is 218 g/mol. The molecule has 0 radical (unpaired) electrons. The molecule has 0 saturated heterocycles. The molecule has 2 fully saturated rings. The minimum Gasteiger partial charge on any atom is -0.481 e. The fourth-order valence-corrected chi connectivity index (χ4v) is 3.12. The van der Waals surface area contributed by atoms with Crippen molar-refractivity contribution >= 4 is 11.9 Å². The molecule has 0 unspecified atom stereocenters. The smallest absolute Gasteiger partial charge is 0.307 e. The van der Waals surface area contributed by atoms with Gasteiger partial charge >= 0.3 is 5.97 Å². The van der Waals surface area contributed by atoms with Gasteiger partial charge in [0.15, 0.2) is 0 Å². The van der Waals surface area contributed by atoms with Crippen LogP contribution in [0.5, 0.6) is 0 Å². The van der Waals surface area contributed by atoms with E-state index >= 15 is 0 Å². The van der Waals surface area contributed by atoms with Crippen LogP contribution in [0.25, 0.3) is 0 Å². The topological polar surface area (TPSA) is 66.4 Å². The summed E-state index contributed by atoms with van der Waals surface area (Å²) in [5.41, 5.74) is 0. The minimum absolute atomic E-state index is 0.0241. The molecular formula is C13H21NO3. The Labute approximate surface area is 102 Å². The van der Waals surface area contributed by atoms with Crippen molar-refractivity contribution < 1.29 is 14.7 Å². The maximum absolute atomic E-state index is 12.1. The maximum atomic E-state index is 12.1. The zero-order valence-electron chi connectivity index (χ0n) is 10.2. The average Bonchev–Trinajstić information content (AvgIpc) is 2.81. The summed E-state index contributed by atoms with van der Waals surface area (Å²) in [6.45, 7) is 0. The van der Waals surface area contributed by atoms with E-state index in [0.29, 0.717) is 12.5 Å². The van der Waals surface area contributed by atoms with Gasteiger partial charge in [0.1, 0.15) is 0 Å². The Morgan fingerprint density at radius 1 is 0.882 bits per heavy atom. The average molecular weight is 239 g/mol. The first-order valence-corrected chi connectivity index (χ1v) is 6.71. The third-order valence-electron chi connectivity index (χ3n) is 4.12.